The first-order valence-electron chi connectivity index (χ1n) is 5.91. The van der Waals surface area contributed by atoms with E-state index in [0.29, 0.717) is 0 Å². The van der Waals surface area contributed by atoms with Gasteiger partial charge in [-0.3, -0.25) is 0 Å². The molecule has 0 aromatic heterocycles. The van der Waals surface area contributed by atoms with Gasteiger partial charge in [0.05, 0.1) is 11.2 Å². The lowest BCUT2D eigenvalue weighted by atomic mass is 9.76. The standard InChI is InChI=1S/C11H24BNO2/c1-6-7-8-9(13)12-14-10(2,3)11(4,5)15-12/h9H,6-8,13H2,1-5H3. The van der Waals surface area contributed by atoms with Crippen LogP contribution >= 0.6 is 0 Å². The molecule has 0 saturated carbocycles. The van der Waals surface area contributed by atoms with Crippen LogP contribution in [-0.2, 0) is 9.31 Å². The normalized spacial score (nSPS) is 25.6. The van der Waals surface area contributed by atoms with Gasteiger partial charge >= 0.3 is 7.12 Å². The highest BCUT2D eigenvalue weighted by Crippen LogP contribution is 2.37. The predicted molar refractivity (Wildman–Crippen MR) is 63.6 cm³/mol. The summed E-state index contributed by atoms with van der Waals surface area (Å²) in [5.74, 6) is -0.00833. The molecule has 0 spiro atoms. The molecule has 15 heavy (non-hydrogen) atoms. The van der Waals surface area contributed by atoms with Crippen LogP contribution in [0.3, 0.4) is 0 Å². The molecule has 3 nitrogen and oxygen atoms in total. The van der Waals surface area contributed by atoms with Crippen LogP contribution in [0.4, 0.5) is 0 Å². The molecule has 1 heterocycles. The average molecular weight is 213 g/mol. The summed E-state index contributed by atoms with van der Waals surface area (Å²) in [5.41, 5.74) is 5.53. The minimum atomic E-state index is -0.262. The van der Waals surface area contributed by atoms with Crippen LogP contribution in [0.15, 0.2) is 0 Å². The SMILES string of the molecule is CCCCC(N)B1OC(C)(C)C(C)(C)O1. The molecule has 0 amide bonds. The van der Waals surface area contributed by atoms with Crippen molar-refractivity contribution in [1.82, 2.24) is 0 Å². The highest BCUT2D eigenvalue weighted by Gasteiger charge is 2.52. The molecule has 1 rings (SSSR count). The van der Waals surface area contributed by atoms with Gasteiger partial charge in [-0.1, -0.05) is 19.8 Å². The molecule has 4 heteroatoms. The van der Waals surface area contributed by atoms with Gasteiger partial charge in [0.2, 0.25) is 0 Å². The van der Waals surface area contributed by atoms with Crippen LogP contribution < -0.4 is 5.73 Å². The third-order valence-electron chi connectivity index (χ3n) is 3.51. The van der Waals surface area contributed by atoms with Gasteiger partial charge in [-0.05, 0) is 34.1 Å². The first kappa shape index (κ1) is 13.0. The van der Waals surface area contributed by atoms with Gasteiger partial charge < -0.3 is 15.0 Å². The van der Waals surface area contributed by atoms with E-state index in [1.807, 2.05) is 0 Å². The van der Waals surface area contributed by atoms with Crippen LogP contribution in [0.5, 0.6) is 0 Å². The maximum atomic E-state index is 6.06. The second kappa shape index (κ2) is 4.44. The third-order valence-corrected chi connectivity index (χ3v) is 3.51. The molecule has 1 aliphatic rings. The predicted octanol–water partition coefficient (Wildman–Crippen LogP) is 2.14. The van der Waals surface area contributed by atoms with E-state index < -0.39 is 0 Å². The fraction of sp³-hybridized carbons (Fsp3) is 1.00. The largest absolute Gasteiger partial charge is 0.475 e. The van der Waals surface area contributed by atoms with Gasteiger partial charge in [0, 0.05) is 5.94 Å². The Morgan fingerprint density at radius 1 is 1.13 bits per heavy atom. The zero-order valence-corrected chi connectivity index (χ0v) is 10.7. The van der Waals surface area contributed by atoms with E-state index >= 15 is 0 Å². The van der Waals surface area contributed by atoms with Crippen molar-refractivity contribution in [2.75, 3.05) is 0 Å². The topological polar surface area (TPSA) is 44.5 Å². The maximum absolute atomic E-state index is 6.06. The Hall–Kier alpha value is -0.0551. The number of unbranched alkanes of at least 4 members (excludes halogenated alkanes) is 1. The molecule has 2 N–H and O–H groups in total. The van der Waals surface area contributed by atoms with Gasteiger partial charge in [-0.25, -0.2) is 0 Å². The van der Waals surface area contributed by atoms with Crippen molar-refractivity contribution in [1.29, 1.82) is 0 Å². The average Bonchev–Trinajstić information content (AvgIpc) is 2.32. The van der Waals surface area contributed by atoms with Gasteiger partial charge in [0.25, 0.3) is 0 Å². The van der Waals surface area contributed by atoms with Crippen molar-refractivity contribution in [3.63, 3.8) is 0 Å². The Balaban J connectivity index is 2.54. The molecular weight excluding hydrogens is 189 g/mol. The van der Waals surface area contributed by atoms with E-state index in [-0.39, 0.29) is 24.3 Å². The van der Waals surface area contributed by atoms with E-state index in [0.717, 1.165) is 19.3 Å². The Labute approximate surface area is 93.8 Å². The second-order valence-corrected chi connectivity index (χ2v) is 5.43. The van der Waals surface area contributed by atoms with Crippen molar-refractivity contribution in [2.45, 2.75) is 71.0 Å². The molecule has 0 aliphatic carbocycles. The summed E-state index contributed by atoms with van der Waals surface area (Å²) in [5, 5.41) is 0. The first-order valence-corrected chi connectivity index (χ1v) is 5.91. The van der Waals surface area contributed by atoms with E-state index in [1.54, 1.807) is 0 Å². The molecular formula is C11H24BNO2. The molecule has 1 fully saturated rings. The fourth-order valence-corrected chi connectivity index (χ4v) is 1.64. The van der Waals surface area contributed by atoms with Crippen LogP contribution in [0.25, 0.3) is 0 Å². The summed E-state index contributed by atoms with van der Waals surface area (Å²) < 4.78 is 11.8. The molecule has 0 aromatic carbocycles. The number of rotatable bonds is 4. The van der Waals surface area contributed by atoms with Crippen LogP contribution in [0.1, 0.15) is 53.9 Å². The first-order chi connectivity index (χ1) is 6.80. The monoisotopic (exact) mass is 213 g/mol. The summed E-state index contributed by atoms with van der Waals surface area (Å²) >= 11 is 0. The number of hydrogen-bond donors (Lipinski definition) is 1. The van der Waals surface area contributed by atoms with E-state index in [9.17, 15) is 0 Å². The third kappa shape index (κ3) is 2.74. The van der Waals surface area contributed by atoms with E-state index in [2.05, 4.69) is 34.6 Å². The molecule has 1 aliphatic heterocycles. The summed E-state index contributed by atoms with van der Waals surface area (Å²) in [6, 6.07) is 0. The number of hydrogen-bond acceptors (Lipinski definition) is 3. The molecule has 1 saturated heterocycles. The fourth-order valence-electron chi connectivity index (χ4n) is 1.64. The number of nitrogens with two attached hydrogens (primary N) is 1. The summed E-state index contributed by atoms with van der Waals surface area (Å²) in [7, 11) is -0.249. The van der Waals surface area contributed by atoms with Crippen LogP contribution in [0.2, 0.25) is 0 Å². The Kier molecular flexibility index (Phi) is 3.85. The minimum absolute atomic E-state index is 0.00833. The van der Waals surface area contributed by atoms with Gasteiger partial charge in [-0.2, -0.15) is 0 Å². The van der Waals surface area contributed by atoms with Gasteiger partial charge in [0.1, 0.15) is 0 Å². The van der Waals surface area contributed by atoms with Gasteiger partial charge in [0.15, 0.2) is 0 Å². The summed E-state index contributed by atoms with van der Waals surface area (Å²) in [4.78, 5) is 0. The minimum Gasteiger partial charge on any atom is -0.402 e. The zero-order chi connectivity index (χ0) is 11.7. The molecule has 1 atom stereocenters. The smallest absolute Gasteiger partial charge is 0.402 e. The summed E-state index contributed by atoms with van der Waals surface area (Å²) in [6.45, 7) is 10.4. The van der Waals surface area contributed by atoms with E-state index in [1.165, 1.54) is 0 Å². The molecule has 0 radical (unpaired) electrons. The lowest BCUT2D eigenvalue weighted by molar-refractivity contribution is 0.00578. The quantitative estimate of drug-likeness (QED) is 0.727. The Bertz CT molecular complexity index is 203. The lowest BCUT2D eigenvalue weighted by Crippen LogP contribution is -2.41. The highest BCUT2D eigenvalue weighted by molar-refractivity contribution is 6.47. The lowest BCUT2D eigenvalue weighted by Gasteiger charge is -2.32. The Morgan fingerprint density at radius 2 is 1.60 bits per heavy atom. The van der Waals surface area contributed by atoms with Crippen molar-refractivity contribution in [3.8, 4) is 0 Å². The van der Waals surface area contributed by atoms with Gasteiger partial charge in [-0.15, -0.1) is 0 Å². The van der Waals surface area contributed by atoms with Crippen molar-refractivity contribution < 1.29 is 9.31 Å². The second-order valence-electron chi connectivity index (χ2n) is 5.43. The summed E-state index contributed by atoms with van der Waals surface area (Å²) in [6.07, 6.45) is 3.26. The molecule has 88 valence electrons. The van der Waals surface area contributed by atoms with Crippen LogP contribution in [-0.4, -0.2) is 24.3 Å². The zero-order valence-electron chi connectivity index (χ0n) is 10.7. The van der Waals surface area contributed by atoms with Crippen molar-refractivity contribution >= 4 is 7.12 Å². The molecule has 0 bridgehead atoms. The Morgan fingerprint density at radius 3 is 2.00 bits per heavy atom. The van der Waals surface area contributed by atoms with E-state index in [4.69, 9.17) is 15.0 Å². The maximum Gasteiger partial charge on any atom is 0.475 e. The highest BCUT2D eigenvalue weighted by atomic mass is 16.7. The van der Waals surface area contributed by atoms with Crippen LogP contribution in [0, 0.1) is 0 Å². The van der Waals surface area contributed by atoms with Crippen molar-refractivity contribution in [3.05, 3.63) is 0 Å². The van der Waals surface area contributed by atoms with Crippen molar-refractivity contribution in [2.24, 2.45) is 5.73 Å². The molecule has 0 aromatic rings. The molecule has 1 unspecified atom stereocenters.